The van der Waals surface area contributed by atoms with Gasteiger partial charge in [-0.15, -0.1) is 0 Å². The Kier molecular flexibility index (Phi) is 4.41. The van der Waals surface area contributed by atoms with Crippen LogP contribution >= 0.6 is 0 Å². The fraction of sp³-hybridized carbons (Fsp3) is 0.250. The summed E-state index contributed by atoms with van der Waals surface area (Å²) in [7, 11) is 0. The van der Waals surface area contributed by atoms with E-state index in [9.17, 15) is 0 Å². The zero-order valence-electron chi connectivity index (χ0n) is 9.31. The first-order valence-electron chi connectivity index (χ1n) is 5.05. The Balaban J connectivity index is 0.000000531. The lowest BCUT2D eigenvalue weighted by molar-refractivity contribution is 1.12. The average Bonchev–Trinajstić information content (AvgIpc) is 2.33. The largest absolute Gasteiger partial charge is 0.264 e. The maximum Gasteiger partial charge on any atom is 0.0903 e. The molecule has 3 nitrogen and oxygen atoms in total. The Hall–Kier alpha value is -1.77. The first-order valence-corrected chi connectivity index (χ1v) is 5.05. The first kappa shape index (κ1) is 11.3. The van der Waals surface area contributed by atoms with Crippen molar-refractivity contribution in [1.29, 1.82) is 0 Å². The van der Waals surface area contributed by atoms with E-state index in [4.69, 9.17) is 0 Å². The molecule has 0 fully saturated rings. The minimum Gasteiger partial charge on any atom is -0.264 e. The second-order valence-electron chi connectivity index (χ2n) is 2.79. The molecule has 0 aliphatic carbocycles. The number of aryl methyl sites for hydroxylation is 1. The van der Waals surface area contributed by atoms with Crippen molar-refractivity contribution < 1.29 is 0 Å². The Labute approximate surface area is 90.2 Å². The molecule has 0 saturated heterocycles. The number of rotatable bonds is 1. The monoisotopic (exact) mass is 201 g/mol. The minimum atomic E-state index is 0.869. The second-order valence-corrected chi connectivity index (χ2v) is 2.79. The van der Waals surface area contributed by atoms with Crippen molar-refractivity contribution in [3.05, 3.63) is 42.6 Å². The topological polar surface area (TPSA) is 38.7 Å². The molecule has 0 bridgehead atoms. The molecule has 3 heteroatoms. The molecule has 2 rings (SSSR count). The highest BCUT2D eigenvalue weighted by molar-refractivity contribution is 5.56. The number of pyridine rings is 1. The van der Waals surface area contributed by atoms with Gasteiger partial charge in [0.1, 0.15) is 0 Å². The predicted molar refractivity (Wildman–Crippen MR) is 61.3 cm³/mol. The van der Waals surface area contributed by atoms with Crippen LogP contribution in [0.2, 0.25) is 0 Å². The third-order valence-electron chi connectivity index (χ3n) is 1.71. The van der Waals surface area contributed by atoms with Crippen molar-refractivity contribution in [2.24, 2.45) is 0 Å². The van der Waals surface area contributed by atoms with Crippen molar-refractivity contribution in [2.45, 2.75) is 20.8 Å². The van der Waals surface area contributed by atoms with Gasteiger partial charge in [0.25, 0.3) is 0 Å². The molecule has 0 aromatic carbocycles. The zero-order valence-corrected chi connectivity index (χ0v) is 9.31. The van der Waals surface area contributed by atoms with Crippen LogP contribution in [-0.2, 0) is 0 Å². The van der Waals surface area contributed by atoms with E-state index < -0.39 is 0 Å². The van der Waals surface area contributed by atoms with Crippen LogP contribution in [0.3, 0.4) is 0 Å². The van der Waals surface area contributed by atoms with Crippen LogP contribution in [0, 0.1) is 6.92 Å². The van der Waals surface area contributed by atoms with Crippen molar-refractivity contribution in [1.82, 2.24) is 15.0 Å². The smallest absolute Gasteiger partial charge is 0.0903 e. The van der Waals surface area contributed by atoms with Crippen molar-refractivity contribution in [2.75, 3.05) is 0 Å². The first-order chi connectivity index (χ1) is 7.36. The Bertz CT molecular complexity index is 399. The van der Waals surface area contributed by atoms with Gasteiger partial charge in [-0.25, -0.2) is 4.98 Å². The highest BCUT2D eigenvalue weighted by Crippen LogP contribution is 2.13. The lowest BCUT2D eigenvalue weighted by atomic mass is 10.2. The predicted octanol–water partition coefficient (Wildman–Crippen LogP) is 2.87. The summed E-state index contributed by atoms with van der Waals surface area (Å²) >= 11 is 0. The van der Waals surface area contributed by atoms with Gasteiger partial charge in [0.2, 0.25) is 0 Å². The Morgan fingerprint density at radius 2 is 1.80 bits per heavy atom. The molecule has 15 heavy (non-hydrogen) atoms. The van der Waals surface area contributed by atoms with Gasteiger partial charge in [0.15, 0.2) is 0 Å². The van der Waals surface area contributed by atoms with Crippen LogP contribution in [0.25, 0.3) is 11.3 Å². The molecule has 0 spiro atoms. The summed E-state index contributed by atoms with van der Waals surface area (Å²) in [6.07, 6.45) is 7.00. The number of hydrogen-bond acceptors (Lipinski definition) is 3. The molecule has 0 saturated carbocycles. The summed E-state index contributed by atoms with van der Waals surface area (Å²) in [6.45, 7) is 5.92. The SMILES string of the molecule is CC.Cc1cncc(-c2cccnc2)n1. The molecule has 2 aromatic rings. The van der Waals surface area contributed by atoms with Gasteiger partial charge in [-0.1, -0.05) is 13.8 Å². The molecule has 0 aliphatic heterocycles. The maximum absolute atomic E-state index is 4.34. The van der Waals surface area contributed by atoms with Gasteiger partial charge in [0.05, 0.1) is 17.6 Å². The molecule has 0 amide bonds. The van der Waals surface area contributed by atoms with Crippen LogP contribution in [0.5, 0.6) is 0 Å². The van der Waals surface area contributed by atoms with Crippen LogP contribution in [0.4, 0.5) is 0 Å². The fourth-order valence-electron chi connectivity index (χ4n) is 1.12. The van der Waals surface area contributed by atoms with Crippen LogP contribution in [-0.4, -0.2) is 15.0 Å². The Morgan fingerprint density at radius 3 is 2.40 bits per heavy atom. The number of hydrogen-bond donors (Lipinski definition) is 0. The van der Waals surface area contributed by atoms with Gasteiger partial charge in [0, 0.05) is 24.2 Å². The van der Waals surface area contributed by atoms with Crippen molar-refractivity contribution in [3.63, 3.8) is 0 Å². The highest BCUT2D eigenvalue weighted by Gasteiger charge is 1.98. The molecule has 2 aromatic heterocycles. The van der Waals surface area contributed by atoms with Gasteiger partial charge in [-0.05, 0) is 19.1 Å². The normalized spacial score (nSPS) is 9.00. The number of nitrogens with zero attached hydrogens (tertiary/aromatic N) is 3. The van der Waals surface area contributed by atoms with Gasteiger partial charge in [-0.3, -0.25) is 9.97 Å². The van der Waals surface area contributed by atoms with Gasteiger partial charge >= 0.3 is 0 Å². The lowest BCUT2D eigenvalue weighted by Crippen LogP contribution is -1.88. The van der Waals surface area contributed by atoms with E-state index in [0.717, 1.165) is 17.0 Å². The minimum absolute atomic E-state index is 0.869. The molecule has 0 radical (unpaired) electrons. The van der Waals surface area contributed by atoms with E-state index in [1.807, 2.05) is 32.9 Å². The summed E-state index contributed by atoms with van der Waals surface area (Å²) in [5.41, 5.74) is 2.79. The summed E-state index contributed by atoms with van der Waals surface area (Å²) in [4.78, 5) is 12.4. The van der Waals surface area contributed by atoms with E-state index >= 15 is 0 Å². The van der Waals surface area contributed by atoms with Crippen molar-refractivity contribution >= 4 is 0 Å². The number of aromatic nitrogens is 3. The summed E-state index contributed by atoms with van der Waals surface area (Å²) in [5, 5.41) is 0. The molecule has 2 heterocycles. The van der Waals surface area contributed by atoms with E-state index in [1.54, 1.807) is 24.8 Å². The fourth-order valence-corrected chi connectivity index (χ4v) is 1.12. The molecule has 0 aliphatic rings. The van der Waals surface area contributed by atoms with E-state index in [1.165, 1.54) is 0 Å². The van der Waals surface area contributed by atoms with E-state index in [0.29, 0.717) is 0 Å². The summed E-state index contributed by atoms with van der Waals surface area (Å²) in [6, 6.07) is 3.86. The summed E-state index contributed by atoms with van der Waals surface area (Å²) < 4.78 is 0. The maximum atomic E-state index is 4.34. The van der Waals surface area contributed by atoms with Crippen LogP contribution in [0.1, 0.15) is 19.5 Å². The molecular formula is C12H15N3. The van der Waals surface area contributed by atoms with Crippen LogP contribution < -0.4 is 0 Å². The van der Waals surface area contributed by atoms with E-state index in [-0.39, 0.29) is 0 Å². The molecule has 0 atom stereocenters. The molecule has 0 unspecified atom stereocenters. The Morgan fingerprint density at radius 1 is 1.00 bits per heavy atom. The van der Waals surface area contributed by atoms with Gasteiger partial charge in [-0.2, -0.15) is 0 Å². The lowest BCUT2D eigenvalue weighted by Gasteiger charge is -1.99. The zero-order chi connectivity index (χ0) is 11.1. The van der Waals surface area contributed by atoms with E-state index in [2.05, 4.69) is 15.0 Å². The van der Waals surface area contributed by atoms with Gasteiger partial charge < -0.3 is 0 Å². The van der Waals surface area contributed by atoms with Crippen LogP contribution in [0.15, 0.2) is 36.9 Å². The third kappa shape index (κ3) is 3.13. The average molecular weight is 201 g/mol. The molecule has 78 valence electrons. The highest BCUT2D eigenvalue weighted by atomic mass is 14.8. The second kappa shape index (κ2) is 5.86. The third-order valence-corrected chi connectivity index (χ3v) is 1.71. The standard InChI is InChI=1S/C10H9N3.C2H6/c1-8-5-12-7-10(13-8)9-3-2-4-11-6-9;1-2/h2-7H,1H3;1-2H3. The molecular weight excluding hydrogens is 186 g/mol. The van der Waals surface area contributed by atoms with Crippen molar-refractivity contribution in [3.8, 4) is 11.3 Å². The summed E-state index contributed by atoms with van der Waals surface area (Å²) in [5.74, 6) is 0. The molecule has 0 N–H and O–H groups in total. The quantitative estimate of drug-likeness (QED) is 0.712.